The Hall–Kier alpha value is -3.16. The van der Waals surface area contributed by atoms with Crippen molar-refractivity contribution in [1.29, 1.82) is 0 Å². The lowest BCUT2D eigenvalue weighted by Crippen LogP contribution is -2.32. The van der Waals surface area contributed by atoms with Gasteiger partial charge in [-0.2, -0.15) is 0 Å². The SMILES string of the molecule is CC.CC.CC(=O)Nc1ccc2c(c1)C(N(N)c1ccc(C)cc1)=C(CC(N)=O)CC2.CN. The molecule has 2 aromatic carbocycles. The third-order valence-electron chi connectivity index (χ3n) is 4.66. The Morgan fingerprint density at radius 1 is 0.970 bits per heavy atom. The zero-order valence-electron chi connectivity index (χ0n) is 21.2. The molecule has 1 aliphatic rings. The molecule has 0 bridgehead atoms. The fourth-order valence-electron chi connectivity index (χ4n) is 3.41. The van der Waals surface area contributed by atoms with E-state index in [0.29, 0.717) is 12.1 Å². The number of benzene rings is 2. The van der Waals surface area contributed by atoms with Gasteiger partial charge in [-0.25, -0.2) is 5.84 Å². The normalized spacial score (nSPS) is 11.3. The fraction of sp³-hybridized carbons (Fsp3) is 0.385. The molecule has 2 amide bonds. The first-order valence-corrected chi connectivity index (χ1v) is 11.5. The molecule has 0 atom stereocenters. The number of hydrazine groups is 1. The predicted octanol–water partition coefficient (Wildman–Crippen LogP) is 4.49. The van der Waals surface area contributed by atoms with Gasteiger partial charge in [-0.05, 0) is 62.2 Å². The maximum absolute atomic E-state index is 11.6. The molecular weight excluding hydrogens is 414 g/mol. The minimum atomic E-state index is -0.388. The summed E-state index contributed by atoms with van der Waals surface area (Å²) < 4.78 is 0. The predicted molar refractivity (Wildman–Crippen MR) is 140 cm³/mol. The lowest BCUT2D eigenvalue weighted by molar-refractivity contribution is -0.117. The van der Waals surface area contributed by atoms with Crippen LogP contribution < -0.4 is 27.6 Å². The number of aryl methyl sites for hydroxylation is 2. The number of fused-ring (bicyclic) bond motifs is 1. The van der Waals surface area contributed by atoms with E-state index in [1.165, 1.54) is 14.0 Å². The summed E-state index contributed by atoms with van der Waals surface area (Å²) in [6.45, 7) is 11.5. The topological polar surface area (TPSA) is 127 Å². The molecule has 0 fully saturated rings. The van der Waals surface area contributed by atoms with Crippen LogP contribution in [0.3, 0.4) is 0 Å². The van der Waals surface area contributed by atoms with Gasteiger partial charge in [0.2, 0.25) is 11.8 Å². The largest absolute Gasteiger partial charge is 0.369 e. The summed E-state index contributed by atoms with van der Waals surface area (Å²) in [5.74, 6) is 5.96. The summed E-state index contributed by atoms with van der Waals surface area (Å²) >= 11 is 0. The number of carbonyl (C=O) groups is 2. The molecule has 0 saturated heterocycles. The van der Waals surface area contributed by atoms with E-state index in [1.807, 2.05) is 77.1 Å². The van der Waals surface area contributed by atoms with Crippen molar-refractivity contribution in [3.8, 4) is 0 Å². The van der Waals surface area contributed by atoms with Crippen LogP contribution in [0.1, 0.15) is 64.2 Å². The van der Waals surface area contributed by atoms with Crippen LogP contribution in [-0.4, -0.2) is 18.9 Å². The quantitative estimate of drug-likeness (QED) is 0.390. The number of anilines is 2. The Bertz CT molecular complexity index is 921. The number of nitrogens with one attached hydrogen (secondary N) is 1. The van der Waals surface area contributed by atoms with Gasteiger partial charge >= 0.3 is 0 Å². The lowest BCUT2D eigenvalue weighted by atomic mass is 9.87. The molecule has 0 unspecified atom stereocenters. The first-order chi connectivity index (χ1) is 15.8. The van der Waals surface area contributed by atoms with E-state index in [1.54, 1.807) is 5.01 Å². The van der Waals surface area contributed by atoms with Gasteiger partial charge < -0.3 is 16.8 Å². The summed E-state index contributed by atoms with van der Waals surface area (Å²) in [4.78, 5) is 23.1. The molecule has 2 aromatic rings. The average Bonchev–Trinajstić information content (AvgIpc) is 2.82. The van der Waals surface area contributed by atoms with Gasteiger partial charge in [-0.1, -0.05) is 51.5 Å². The van der Waals surface area contributed by atoms with Gasteiger partial charge in [0.05, 0.1) is 11.4 Å². The first kappa shape index (κ1) is 29.8. The zero-order chi connectivity index (χ0) is 25.6. The Labute approximate surface area is 199 Å². The minimum Gasteiger partial charge on any atom is -0.369 e. The number of amides is 2. The van der Waals surface area contributed by atoms with E-state index in [4.69, 9.17) is 11.6 Å². The van der Waals surface area contributed by atoms with E-state index >= 15 is 0 Å². The number of primary amides is 1. The Morgan fingerprint density at radius 3 is 2.06 bits per heavy atom. The van der Waals surface area contributed by atoms with Crippen LogP contribution in [0.4, 0.5) is 11.4 Å². The highest BCUT2D eigenvalue weighted by Crippen LogP contribution is 2.37. The molecule has 0 aliphatic heterocycles. The van der Waals surface area contributed by atoms with Crippen molar-refractivity contribution in [3.63, 3.8) is 0 Å². The molecule has 182 valence electrons. The van der Waals surface area contributed by atoms with Crippen LogP contribution in [0, 0.1) is 6.92 Å². The van der Waals surface area contributed by atoms with Gasteiger partial charge in [0.1, 0.15) is 0 Å². The number of nitrogens with two attached hydrogens (primary N) is 3. The summed E-state index contributed by atoms with van der Waals surface area (Å²) in [5.41, 5.74) is 16.3. The lowest BCUT2D eigenvalue weighted by Gasteiger charge is -2.31. The van der Waals surface area contributed by atoms with Crippen LogP contribution in [0.15, 0.2) is 48.0 Å². The molecule has 7 N–H and O–H groups in total. The molecule has 3 rings (SSSR count). The van der Waals surface area contributed by atoms with Gasteiger partial charge in [-0.15, -0.1) is 0 Å². The number of carbonyl (C=O) groups excluding carboxylic acids is 2. The molecule has 0 aromatic heterocycles. The third kappa shape index (κ3) is 8.71. The van der Waals surface area contributed by atoms with E-state index < -0.39 is 0 Å². The van der Waals surface area contributed by atoms with Crippen LogP contribution >= 0.6 is 0 Å². The van der Waals surface area contributed by atoms with E-state index in [2.05, 4.69) is 11.1 Å². The van der Waals surface area contributed by atoms with Crippen LogP contribution in [0.2, 0.25) is 0 Å². The fourth-order valence-corrected chi connectivity index (χ4v) is 3.41. The first-order valence-electron chi connectivity index (χ1n) is 11.5. The zero-order valence-corrected chi connectivity index (χ0v) is 21.2. The highest BCUT2D eigenvalue weighted by atomic mass is 16.1. The smallest absolute Gasteiger partial charge is 0.221 e. The van der Waals surface area contributed by atoms with Crippen molar-refractivity contribution in [3.05, 3.63) is 64.7 Å². The van der Waals surface area contributed by atoms with E-state index in [9.17, 15) is 9.59 Å². The Balaban J connectivity index is 0.00000158. The van der Waals surface area contributed by atoms with E-state index in [0.717, 1.165) is 40.1 Å². The molecular formula is C26H41N5O2. The van der Waals surface area contributed by atoms with Crippen LogP contribution in [-0.2, 0) is 16.0 Å². The molecule has 1 aliphatic carbocycles. The molecule has 0 saturated carbocycles. The highest BCUT2D eigenvalue weighted by molar-refractivity contribution is 5.92. The second kappa shape index (κ2) is 15.6. The van der Waals surface area contributed by atoms with Crippen molar-refractivity contribution in [2.75, 3.05) is 17.4 Å². The van der Waals surface area contributed by atoms with Crippen molar-refractivity contribution in [1.82, 2.24) is 0 Å². The van der Waals surface area contributed by atoms with Crippen molar-refractivity contribution in [2.24, 2.45) is 17.3 Å². The number of rotatable bonds is 5. The maximum Gasteiger partial charge on any atom is 0.221 e. The number of hydrogen-bond acceptors (Lipinski definition) is 5. The van der Waals surface area contributed by atoms with Crippen molar-refractivity contribution in [2.45, 2.75) is 60.8 Å². The number of hydrogen-bond donors (Lipinski definition) is 4. The van der Waals surface area contributed by atoms with Gasteiger partial charge in [-0.3, -0.25) is 14.6 Å². The van der Waals surface area contributed by atoms with Crippen molar-refractivity contribution < 1.29 is 9.59 Å². The highest BCUT2D eigenvalue weighted by Gasteiger charge is 2.24. The molecule has 7 heteroatoms. The monoisotopic (exact) mass is 455 g/mol. The maximum atomic E-state index is 11.6. The van der Waals surface area contributed by atoms with Gasteiger partial charge in [0, 0.05) is 24.6 Å². The van der Waals surface area contributed by atoms with Crippen molar-refractivity contribution >= 4 is 28.9 Å². The minimum absolute atomic E-state index is 0.142. The summed E-state index contributed by atoms with van der Waals surface area (Å²) in [5, 5.41) is 4.41. The summed E-state index contributed by atoms with van der Waals surface area (Å²) in [6.07, 6.45) is 1.66. The van der Waals surface area contributed by atoms with Crippen LogP contribution in [0.5, 0.6) is 0 Å². The summed E-state index contributed by atoms with van der Waals surface area (Å²) in [7, 11) is 1.50. The molecule has 0 radical (unpaired) electrons. The van der Waals surface area contributed by atoms with Crippen LogP contribution in [0.25, 0.3) is 5.70 Å². The Kier molecular flexibility index (Phi) is 14.1. The second-order valence-electron chi connectivity index (χ2n) is 6.85. The third-order valence-corrected chi connectivity index (χ3v) is 4.66. The standard InChI is InChI=1S/C21H24N4O2.2C2H6.CH5N/c1-13-3-9-18(10-4-13)25(23)21-16(11-20(22)27)6-5-15-7-8-17(12-19(15)21)24-14(2)26;3*1-2/h3-4,7-10,12H,5-6,11,23H2,1-2H3,(H2,22,27)(H,24,26);2*1-2H3;2H2,1H3. The molecule has 0 heterocycles. The summed E-state index contributed by atoms with van der Waals surface area (Å²) in [6, 6.07) is 13.6. The Morgan fingerprint density at radius 2 is 1.55 bits per heavy atom. The average molecular weight is 456 g/mol. The van der Waals surface area contributed by atoms with Gasteiger partial charge in [0.15, 0.2) is 0 Å². The number of nitrogens with zero attached hydrogens (tertiary/aromatic N) is 1. The van der Waals surface area contributed by atoms with E-state index in [-0.39, 0.29) is 18.2 Å². The second-order valence-corrected chi connectivity index (χ2v) is 6.85. The molecule has 33 heavy (non-hydrogen) atoms. The molecule has 7 nitrogen and oxygen atoms in total. The molecule has 0 spiro atoms. The van der Waals surface area contributed by atoms with Gasteiger partial charge in [0.25, 0.3) is 0 Å².